The maximum absolute atomic E-state index is 11.3. The summed E-state index contributed by atoms with van der Waals surface area (Å²) in [5.74, 6) is -0.186. The van der Waals surface area contributed by atoms with Crippen LogP contribution in [0.2, 0.25) is 0 Å². The Balaban J connectivity index is 2.09. The van der Waals surface area contributed by atoms with Gasteiger partial charge >= 0.3 is 5.97 Å². The van der Waals surface area contributed by atoms with E-state index in [4.69, 9.17) is 9.47 Å². The third kappa shape index (κ3) is 1.28. The predicted molar refractivity (Wildman–Crippen MR) is 57.7 cm³/mol. The molecule has 1 saturated heterocycles. The highest BCUT2D eigenvalue weighted by atomic mass is 16.6. The topological polar surface area (TPSA) is 35.5 Å². The van der Waals surface area contributed by atoms with Gasteiger partial charge in [-0.3, -0.25) is 4.79 Å². The van der Waals surface area contributed by atoms with Crippen molar-refractivity contribution in [3.8, 4) is 0 Å². The summed E-state index contributed by atoms with van der Waals surface area (Å²) in [6.07, 6.45) is 1.57. The number of esters is 1. The first-order valence-electron chi connectivity index (χ1n) is 5.36. The Kier molecular flexibility index (Phi) is 2.07. The molecule has 1 fully saturated rings. The van der Waals surface area contributed by atoms with Crippen LogP contribution in [0.3, 0.4) is 0 Å². The fourth-order valence-electron chi connectivity index (χ4n) is 2.39. The average molecular weight is 216 g/mol. The SMILES string of the molecule is C=C[C@@H]1O[C@H]2CC(=O)O[C@H]2c2ccccc21. The number of rotatable bonds is 1. The molecular formula is C13H12O3. The standard InChI is InChI=1S/C13H12O3/c1-2-10-8-5-3-4-6-9(8)13-11(15-10)7-12(14)16-13/h2-6,10-11,13H,1,7H2/t10-,11-,13-/m0/s1. The second-order valence-corrected chi connectivity index (χ2v) is 4.07. The van der Waals surface area contributed by atoms with Crippen LogP contribution in [0, 0.1) is 0 Å². The highest BCUT2D eigenvalue weighted by molar-refractivity contribution is 5.73. The molecule has 2 aliphatic rings. The summed E-state index contributed by atoms with van der Waals surface area (Å²) >= 11 is 0. The second kappa shape index (κ2) is 3.46. The molecule has 3 heteroatoms. The van der Waals surface area contributed by atoms with Crippen LogP contribution in [-0.4, -0.2) is 12.1 Å². The van der Waals surface area contributed by atoms with Crippen molar-refractivity contribution in [1.82, 2.24) is 0 Å². The fraction of sp³-hybridized carbons (Fsp3) is 0.308. The monoisotopic (exact) mass is 216 g/mol. The van der Waals surface area contributed by atoms with Gasteiger partial charge in [0, 0.05) is 5.56 Å². The summed E-state index contributed by atoms with van der Waals surface area (Å²) < 4.78 is 11.1. The van der Waals surface area contributed by atoms with E-state index in [9.17, 15) is 4.79 Å². The smallest absolute Gasteiger partial charge is 0.309 e. The van der Waals surface area contributed by atoms with Crippen molar-refractivity contribution in [2.75, 3.05) is 0 Å². The maximum atomic E-state index is 11.3. The molecule has 0 N–H and O–H groups in total. The molecule has 0 unspecified atom stereocenters. The Bertz CT molecular complexity index is 452. The van der Waals surface area contributed by atoms with E-state index in [1.165, 1.54) is 0 Å². The van der Waals surface area contributed by atoms with Crippen molar-refractivity contribution in [2.45, 2.75) is 24.7 Å². The summed E-state index contributed by atoms with van der Waals surface area (Å²) in [4.78, 5) is 11.3. The van der Waals surface area contributed by atoms with E-state index in [1.54, 1.807) is 6.08 Å². The van der Waals surface area contributed by atoms with Crippen molar-refractivity contribution in [2.24, 2.45) is 0 Å². The van der Waals surface area contributed by atoms with E-state index in [0.29, 0.717) is 6.42 Å². The molecule has 0 saturated carbocycles. The highest BCUT2D eigenvalue weighted by Crippen LogP contribution is 2.43. The van der Waals surface area contributed by atoms with Crippen molar-refractivity contribution < 1.29 is 14.3 Å². The van der Waals surface area contributed by atoms with Gasteiger partial charge in [-0.2, -0.15) is 0 Å². The summed E-state index contributed by atoms with van der Waals surface area (Å²) in [7, 11) is 0. The molecule has 0 bridgehead atoms. The van der Waals surface area contributed by atoms with Crippen LogP contribution in [0.5, 0.6) is 0 Å². The number of hydrogen-bond donors (Lipinski definition) is 0. The number of fused-ring (bicyclic) bond motifs is 3. The first-order valence-corrected chi connectivity index (χ1v) is 5.36. The molecule has 0 aliphatic carbocycles. The van der Waals surface area contributed by atoms with Gasteiger partial charge in [0.2, 0.25) is 0 Å². The van der Waals surface area contributed by atoms with Crippen LogP contribution in [0.15, 0.2) is 36.9 Å². The number of hydrogen-bond acceptors (Lipinski definition) is 3. The van der Waals surface area contributed by atoms with Gasteiger partial charge in [0.25, 0.3) is 0 Å². The number of benzene rings is 1. The summed E-state index contributed by atoms with van der Waals surface area (Å²) in [5.41, 5.74) is 2.10. The molecule has 3 rings (SSSR count). The Hall–Kier alpha value is -1.61. The van der Waals surface area contributed by atoms with Gasteiger partial charge in [-0.05, 0) is 5.56 Å². The van der Waals surface area contributed by atoms with Crippen molar-refractivity contribution in [3.63, 3.8) is 0 Å². The molecule has 2 aliphatic heterocycles. The first-order chi connectivity index (χ1) is 7.79. The lowest BCUT2D eigenvalue weighted by atomic mass is 9.92. The summed E-state index contributed by atoms with van der Waals surface area (Å²) in [6.45, 7) is 3.77. The zero-order chi connectivity index (χ0) is 11.1. The molecular weight excluding hydrogens is 204 g/mol. The normalized spacial score (nSPS) is 31.5. The minimum atomic E-state index is -0.236. The predicted octanol–water partition coefficient (Wildman–Crippen LogP) is 2.30. The lowest BCUT2D eigenvalue weighted by molar-refractivity contribution is -0.143. The third-order valence-electron chi connectivity index (χ3n) is 3.11. The maximum Gasteiger partial charge on any atom is 0.309 e. The highest BCUT2D eigenvalue weighted by Gasteiger charge is 2.43. The van der Waals surface area contributed by atoms with Gasteiger partial charge in [-0.25, -0.2) is 0 Å². The lowest BCUT2D eigenvalue weighted by Crippen LogP contribution is -2.26. The molecule has 16 heavy (non-hydrogen) atoms. The second-order valence-electron chi connectivity index (χ2n) is 4.07. The molecule has 3 nitrogen and oxygen atoms in total. The van der Waals surface area contributed by atoms with Crippen LogP contribution in [0.25, 0.3) is 0 Å². The molecule has 0 aromatic heterocycles. The van der Waals surface area contributed by atoms with Crippen LogP contribution >= 0.6 is 0 Å². The van der Waals surface area contributed by atoms with Gasteiger partial charge in [0.1, 0.15) is 12.2 Å². The van der Waals surface area contributed by atoms with Crippen LogP contribution in [-0.2, 0) is 14.3 Å². The van der Waals surface area contributed by atoms with E-state index in [1.807, 2.05) is 24.3 Å². The van der Waals surface area contributed by atoms with E-state index < -0.39 is 0 Å². The Morgan fingerprint density at radius 1 is 1.31 bits per heavy atom. The quantitative estimate of drug-likeness (QED) is 0.533. The first kappa shape index (κ1) is 9.60. The molecule has 0 radical (unpaired) electrons. The van der Waals surface area contributed by atoms with Crippen LogP contribution in [0.1, 0.15) is 29.8 Å². The van der Waals surface area contributed by atoms with Crippen molar-refractivity contribution >= 4 is 5.97 Å². The molecule has 2 heterocycles. The van der Waals surface area contributed by atoms with E-state index in [-0.39, 0.29) is 24.3 Å². The van der Waals surface area contributed by atoms with Gasteiger partial charge in [-0.15, -0.1) is 6.58 Å². The Morgan fingerprint density at radius 2 is 2.06 bits per heavy atom. The molecule has 3 atom stereocenters. The van der Waals surface area contributed by atoms with Gasteiger partial charge in [0.15, 0.2) is 6.10 Å². The molecule has 82 valence electrons. The largest absolute Gasteiger partial charge is 0.455 e. The van der Waals surface area contributed by atoms with Crippen LogP contribution in [0.4, 0.5) is 0 Å². The van der Waals surface area contributed by atoms with Gasteiger partial charge in [0.05, 0.1) is 6.42 Å². The molecule has 1 aromatic rings. The molecule has 0 spiro atoms. The van der Waals surface area contributed by atoms with E-state index >= 15 is 0 Å². The lowest BCUT2D eigenvalue weighted by Gasteiger charge is -2.31. The summed E-state index contributed by atoms with van der Waals surface area (Å²) in [6, 6.07) is 7.89. The average Bonchev–Trinajstić information content (AvgIpc) is 2.68. The zero-order valence-corrected chi connectivity index (χ0v) is 8.76. The van der Waals surface area contributed by atoms with Gasteiger partial charge < -0.3 is 9.47 Å². The Morgan fingerprint density at radius 3 is 2.81 bits per heavy atom. The van der Waals surface area contributed by atoms with Crippen molar-refractivity contribution in [1.29, 1.82) is 0 Å². The number of carbonyl (C=O) groups excluding carboxylic acids is 1. The minimum Gasteiger partial charge on any atom is -0.455 e. The van der Waals surface area contributed by atoms with Crippen molar-refractivity contribution in [3.05, 3.63) is 48.0 Å². The zero-order valence-electron chi connectivity index (χ0n) is 8.76. The van der Waals surface area contributed by atoms with E-state index in [0.717, 1.165) is 11.1 Å². The number of carbonyl (C=O) groups is 1. The fourth-order valence-corrected chi connectivity index (χ4v) is 2.39. The third-order valence-corrected chi connectivity index (χ3v) is 3.11. The van der Waals surface area contributed by atoms with Gasteiger partial charge in [-0.1, -0.05) is 30.3 Å². The Labute approximate surface area is 93.7 Å². The summed E-state index contributed by atoms with van der Waals surface area (Å²) in [5, 5.41) is 0. The molecule has 0 amide bonds. The molecule has 1 aromatic carbocycles. The minimum absolute atomic E-state index is 0.132. The van der Waals surface area contributed by atoms with E-state index in [2.05, 4.69) is 6.58 Å². The number of ether oxygens (including phenoxy) is 2. The van der Waals surface area contributed by atoms with Crippen LogP contribution < -0.4 is 0 Å².